The molecule has 4 nitrogen and oxygen atoms in total. The fourth-order valence-corrected chi connectivity index (χ4v) is 4.26. The van der Waals surface area contributed by atoms with Gasteiger partial charge < -0.3 is 5.11 Å². The Hall–Kier alpha value is -2.79. The van der Waals surface area contributed by atoms with Crippen LogP contribution in [0.25, 0.3) is 21.9 Å². The highest BCUT2D eigenvalue weighted by Gasteiger charge is 2.26. The maximum Gasteiger partial charge on any atom is 0.316 e. The molecule has 0 heterocycles. The molecule has 1 atom stereocenters. The van der Waals surface area contributed by atoms with E-state index in [2.05, 4.69) is 0 Å². The van der Waals surface area contributed by atoms with Crippen molar-refractivity contribution < 1.29 is 18.9 Å². The Morgan fingerprint density at radius 3 is 2.33 bits per heavy atom. The number of rotatable bonds is 3. The highest BCUT2D eigenvalue weighted by Crippen LogP contribution is 2.40. The summed E-state index contributed by atoms with van der Waals surface area (Å²) >= 11 is 0. The molecule has 0 radical (unpaired) electrons. The van der Waals surface area contributed by atoms with Crippen molar-refractivity contribution in [3.63, 3.8) is 0 Å². The number of carbonyl (C=O) groups excluding carboxylic acids is 1. The minimum Gasteiger partial charge on any atom is -0.481 e. The van der Waals surface area contributed by atoms with Crippen molar-refractivity contribution in [2.75, 3.05) is 5.75 Å². The average molecular weight is 336 g/mol. The van der Waals surface area contributed by atoms with Crippen LogP contribution in [0.2, 0.25) is 0 Å². The van der Waals surface area contributed by atoms with Gasteiger partial charge in [0.1, 0.15) is 5.75 Å². The van der Waals surface area contributed by atoms with Gasteiger partial charge >= 0.3 is 5.97 Å². The van der Waals surface area contributed by atoms with Crippen molar-refractivity contribution in [2.45, 2.75) is 4.90 Å². The number of carboxylic acid groups (broad SMARTS) is 1. The molecule has 24 heavy (non-hydrogen) atoms. The smallest absolute Gasteiger partial charge is 0.316 e. The van der Waals surface area contributed by atoms with Crippen LogP contribution in [0.5, 0.6) is 0 Å². The molecule has 0 saturated heterocycles. The molecule has 0 aliphatic heterocycles. The number of aliphatic carboxylic acids is 1. The molecule has 0 fully saturated rings. The Labute approximate surface area is 140 Å². The van der Waals surface area contributed by atoms with Crippen LogP contribution in [0.1, 0.15) is 15.9 Å². The average Bonchev–Trinajstić information content (AvgIpc) is 2.58. The van der Waals surface area contributed by atoms with Gasteiger partial charge in [0.2, 0.25) is 0 Å². The molecule has 3 aromatic rings. The van der Waals surface area contributed by atoms with Crippen LogP contribution >= 0.6 is 0 Å². The van der Waals surface area contributed by atoms with Crippen molar-refractivity contribution in [2.24, 2.45) is 0 Å². The van der Waals surface area contributed by atoms with E-state index in [0.29, 0.717) is 21.4 Å². The molecule has 0 amide bonds. The first-order valence-corrected chi connectivity index (χ1v) is 8.70. The first-order valence-electron chi connectivity index (χ1n) is 7.38. The zero-order valence-corrected chi connectivity index (χ0v) is 13.3. The molecule has 0 bridgehead atoms. The number of fused-ring (bicyclic) bond motifs is 2. The second kappa shape index (κ2) is 5.39. The minimum absolute atomic E-state index is 0.0649. The maximum atomic E-state index is 12.8. The van der Waals surface area contributed by atoms with E-state index in [-0.39, 0.29) is 5.78 Å². The SMILES string of the molecule is O=C(O)C[S@](=O)c1ccc2c3c(cccc13)C(=O)c1ccccc1-2. The maximum absolute atomic E-state index is 12.8. The molecule has 5 heteroatoms. The van der Waals surface area contributed by atoms with E-state index in [1.54, 1.807) is 30.3 Å². The topological polar surface area (TPSA) is 71.4 Å². The van der Waals surface area contributed by atoms with E-state index >= 15 is 0 Å². The Morgan fingerprint density at radius 1 is 0.875 bits per heavy atom. The van der Waals surface area contributed by atoms with E-state index in [1.807, 2.05) is 24.3 Å². The second-order valence-corrected chi connectivity index (χ2v) is 7.02. The molecule has 0 saturated carbocycles. The van der Waals surface area contributed by atoms with Crippen LogP contribution in [-0.4, -0.2) is 26.8 Å². The summed E-state index contributed by atoms with van der Waals surface area (Å²) in [7, 11) is -1.66. The lowest BCUT2D eigenvalue weighted by molar-refractivity contribution is -0.133. The molecule has 0 unspecified atom stereocenters. The summed E-state index contributed by atoms with van der Waals surface area (Å²) in [6.45, 7) is 0. The second-order valence-electron chi connectivity index (χ2n) is 5.60. The predicted molar refractivity (Wildman–Crippen MR) is 91.7 cm³/mol. The first-order chi connectivity index (χ1) is 11.6. The fraction of sp³-hybridized carbons (Fsp3) is 0.0526. The van der Waals surface area contributed by atoms with E-state index in [1.165, 1.54) is 0 Å². The quantitative estimate of drug-likeness (QED) is 0.623. The molecule has 0 spiro atoms. The van der Waals surface area contributed by atoms with Gasteiger partial charge in [-0.3, -0.25) is 13.8 Å². The van der Waals surface area contributed by atoms with Crippen molar-refractivity contribution in [3.05, 3.63) is 65.7 Å². The standard InChI is InChI=1S/C19H12O4S/c20-17(21)10-24(23)16-9-8-12-11-4-1-2-5-13(11)19(22)15-7-3-6-14(16)18(12)15/h1-9H,10H2,(H,20,21)/t24-/m0/s1. The van der Waals surface area contributed by atoms with E-state index < -0.39 is 22.5 Å². The molecule has 1 aliphatic rings. The fourth-order valence-electron chi connectivity index (χ4n) is 3.24. The van der Waals surface area contributed by atoms with E-state index in [0.717, 1.165) is 16.5 Å². The summed E-state index contributed by atoms with van der Waals surface area (Å²) in [6.07, 6.45) is 0. The predicted octanol–water partition coefficient (Wildman–Crippen LogP) is 3.24. The van der Waals surface area contributed by atoms with Crippen LogP contribution in [-0.2, 0) is 15.6 Å². The van der Waals surface area contributed by atoms with Gasteiger partial charge in [-0.15, -0.1) is 0 Å². The Morgan fingerprint density at radius 2 is 1.58 bits per heavy atom. The zero-order valence-electron chi connectivity index (χ0n) is 12.5. The Kier molecular flexibility index (Phi) is 3.32. The van der Waals surface area contributed by atoms with Gasteiger partial charge in [-0.05, 0) is 22.6 Å². The number of carbonyl (C=O) groups is 2. The third kappa shape index (κ3) is 2.09. The minimum atomic E-state index is -1.66. The Bertz CT molecular complexity index is 1050. The number of benzene rings is 3. The largest absolute Gasteiger partial charge is 0.481 e. The van der Waals surface area contributed by atoms with Crippen LogP contribution in [0.3, 0.4) is 0 Å². The Balaban J connectivity index is 2.06. The van der Waals surface area contributed by atoms with E-state index in [9.17, 15) is 13.8 Å². The molecular weight excluding hydrogens is 324 g/mol. The summed E-state index contributed by atoms with van der Waals surface area (Å²) in [6, 6.07) is 16.2. The lowest BCUT2D eigenvalue weighted by Crippen LogP contribution is -2.12. The van der Waals surface area contributed by atoms with E-state index in [4.69, 9.17) is 5.11 Å². The first kappa shape index (κ1) is 14.8. The number of hydrogen-bond donors (Lipinski definition) is 1. The lowest BCUT2D eigenvalue weighted by Gasteiger charge is -2.20. The summed E-state index contributed by atoms with van der Waals surface area (Å²) in [5.74, 6) is -1.64. The molecule has 0 aromatic heterocycles. The van der Waals surface area contributed by atoms with Gasteiger partial charge in [-0.1, -0.05) is 48.5 Å². The van der Waals surface area contributed by atoms with Crippen LogP contribution in [0.4, 0.5) is 0 Å². The van der Waals surface area contributed by atoms with Gasteiger partial charge in [0.25, 0.3) is 0 Å². The van der Waals surface area contributed by atoms with Gasteiger partial charge in [-0.2, -0.15) is 0 Å². The lowest BCUT2D eigenvalue weighted by atomic mass is 9.83. The van der Waals surface area contributed by atoms with Gasteiger partial charge in [0, 0.05) is 21.4 Å². The van der Waals surface area contributed by atoms with Gasteiger partial charge in [0.05, 0.1) is 10.8 Å². The summed E-state index contributed by atoms with van der Waals surface area (Å²) in [5, 5.41) is 10.3. The summed E-state index contributed by atoms with van der Waals surface area (Å²) in [5.41, 5.74) is 2.97. The molecule has 118 valence electrons. The third-order valence-corrected chi connectivity index (χ3v) is 5.56. The summed E-state index contributed by atoms with van der Waals surface area (Å²) in [4.78, 5) is 24.1. The van der Waals surface area contributed by atoms with Crippen molar-refractivity contribution in [1.82, 2.24) is 0 Å². The summed E-state index contributed by atoms with van der Waals surface area (Å²) < 4.78 is 12.4. The highest BCUT2D eigenvalue weighted by molar-refractivity contribution is 7.86. The van der Waals surface area contributed by atoms with Crippen molar-refractivity contribution in [1.29, 1.82) is 0 Å². The molecular formula is C19H12O4S. The monoisotopic (exact) mass is 336 g/mol. The molecule has 3 aromatic carbocycles. The number of ketones is 1. The van der Waals surface area contributed by atoms with Gasteiger partial charge in [0.15, 0.2) is 5.78 Å². The normalized spacial score (nSPS) is 13.6. The molecule has 4 rings (SSSR count). The van der Waals surface area contributed by atoms with Crippen LogP contribution in [0, 0.1) is 0 Å². The zero-order chi connectivity index (χ0) is 16.8. The molecule has 1 N–H and O–H groups in total. The number of hydrogen-bond acceptors (Lipinski definition) is 3. The highest BCUT2D eigenvalue weighted by atomic mass is 32.2. The third-order valence-electron chi connectivity index (χ3n) is 4.21. The van der Waals surface area contributed by atoms with Crippen molar-refractivity contribution in [3.8, 4) is 11.1 Å². The number of carboxylic acids is 1. The van der Waals surface area contributed by atoms with Gasteiger partial charge in [-0.25, -0.2) is 0 Å². The van der Waals surface area contributed by atoms with Crippen molar-refractivity contribution >= 4 is 33.3 Å². The molecule has 1 aliphatic carbocycles. The van der Waals surface area contributed by atoms with Crippen LogP contribution in [0.15, 0.2) is 59.5 Å². The van der Waals surface area contributed by atoms with Crippen LogP contribution < -0.4 is 0 Å².